The molecule has 9 heteroatoms. The molecule has 0 atom stereocenters. The Bertz CT molecular complexity index is 1310. The van der Waals surface area contributed by atoms with E-state index < -0.39 is 5.97 Å². The molecule has 0 saturated heterocycles. The Balaban J connectivity index is 1.39. The van der Waals surface area contributed by atoms with E-state index in [4.69, 9.17) is 33.0 Å². The molecule has 7 nitrogen and oxygen atoms in total. The van der Waals surface area contributed by atoms with Crippen LogP contribution in [0.5, 0.6) is 11.6 Å². The average Bonchev–Trinajstić information content (AvgIpc) is 3.71. The molecule has 2 aromatic carbocycles. The van der Waals surface area contributed by atoms with Crippen molar-refractivity contribution in [2.75, 3.05) is 22.9 Å². The summed E-state index contributed by atoms with van der Waals surface area (Å²) in [5, 5.41) is 9.58. The number of fused-ring (bicyclic) bond motifs is 1. The van der Waals surface area contributed by atoms with Crippen LogP contribution in [0, 0.1) is 0 Å². The van der Waals surface area contributed by atoms with E-state index in [2.05, 4.69) is 16.0 Å². The summed E-state index contributed by atoms with van der Waals surface area (Å²) in [6, 6.07) is 15.2. The Morgan fingerprint density at radius 2 is 1.81 bits per heavy atom. The Labute approximate surface area is 219 Å². The molecule has 1 amide bonds. The Hall–Kier alpha value is -3.29. The number of anilines is 2. The molecule has 0 bridgehead atoms. The number of aromatic nitrogens is 1. The number of hydrogen-bond donors (Lipinski definition) is 1. The lowest BCUT2D eigenvalue weighted by molar-refractivity contribution is -0.137. The van der Waals surface area contributed by atoms with Crippen LogP contribution in [0.4, 0.5) is 11.4 Å². The number of halogens is 2. The third-order valence-corrected chi connectivity index (χ3v) is 7.07. The van der Waals surface area contributed by atoms with E-state index in [1.807, 2.05) is 18.2 Å². The lowest BCUT2D eigenvalue weighted by atomic mass is 10.1. The Morgan fingerprint density at radius 1 is 1.03 bits per heavy atom. The van der Waals surface area contributed by atoms with Crippen LogP contribution >= 0.6 is 23.2 Å². The molecule has 2 heterocycles. The van der Waals surface area contributed by atoms with E-state index in [0.29, 0.717) is 41.0 Å². The van der Waals surface area contributed by atoms with E-state index >= 15 is 0 Å². The smallest absolute Gasteiger partial charge is 0.303 e. The topological polar surface area (TPSA) is 83.0 Å². The lowest BCUT2D eigenvalue weighted by Crippen LogP contribution is -2.45. The fraction of sp³-hybridized carbons (Fsp3) is 0.296. The number of ether oxygens (including phenoxy) is 1. The highest BCUT2D eigenvalue weighted by molar-refractivity contribution is 6.34. The zero-order valence-corrected chi connectivity index (χ0v) is 21.0. The highest BCUT2D eigenvalue weighted by Crippen LogP contribution is 2.41. The van der Waals surface area contributed by atoms with Gasteiger partial charge in [-0.25, -0.2) is 4.98 Å². The first kappa shape index (κ1) is 24.4. The van der Waals surface area contributed by atoms with Gasteiger partial charge in [0.05, 0.1) is 16.4 Å². The minimum atomic E-state index is -0.860. The summed E-state index contributed by atoms with van der Waals surface area (Å²) >= 11 is 12.9. The average molecular weight is 526 g/mol. The van der Waals surface area contributed by atoms with Crippen molar-refractivity contribution < 1.29 is 19.4 Å². The molecule has 2 aliphatic rings. The van der Waals surface area contributed by atoms with Crippen molar-refractivity contribution in [1.82, 2.24) is 4.98 Å². The second-order valence-electron chi connectivity index (χ2n) is 8.95. The number of benzene rings is 2. The van der Waals surface area contributed by atoms with Crippen LogP contribution in [0.2, 0.25) is 10.0 Å². The molecule has 36 heavy (non-hydrogen) atoms. The van der Waals surface area contributed by atoms with Gasteiger partial charge in [0.2, 0.25) is 5.88 Å². The quantitative estimate of drug-likeness (QED) is 0.376. The standard InChI is InChI=1S/C27H25Cl2N3O4/c28-20-16-24(21(29)15-17(20)5-3-9-25(33)34)36-26-19(6-4-12-30-26)27(35)32-14-13-31(18-10-11-18)22-7-1-2-8-23(22)32/h1-2,4,6-8,12,15-16,18H,3,5,9-11,13-14H2,(H,33,34). The monoisotopic (exact) mass is 525 g/mol. The number of carboxylic acid groups (broad SMARTS) is 1. The number of hydrogen-bond acceptors (Lipinski definition) is 5. The number of aliphatic carboxylic acids is 1. The van der Waals surface area contributed by atoms with Crippen molar-refractivity contribution in [3.63, 3.8) is 0 Å². The van der Waals surface area contributed by atoms with Crippen LogP contribution in [-0.4, -0.2) is 41.1 Å². The van der Waals surface area contributed by atoms with Crippen molar-refractivity contribution in [3.8, 4) is 11.6 Å². The molecular formula is C27H25Cl2N3O4. The fourth-order valence-electron chi connectivity index (χ4n) is 4.51. The van der Waals surface area contributed by atoms with Crippen LogP contribution in [0.25, 0.3) is 0 Å². The number of carbonyl (C=O) groups is 2. The maximum Gasteiger partial charge on any atom is 0.303 e. The Kier molecular flexibility index (Phi) is 7.03. The van der Waals surface area contributed by atoms with Crippen molar-refractivity contribution in [3.05, 3.63) is 75.9 Å². The summed E-state index contributed by atoms with van der Waals surface area (Å²) in [4.78, 5) is 33.0. The van der Waals surface area contributed by atoms with Gasteiger partial charge in [-0.15, -0.1) is 0 Å². The van der Waals surface area contributed by atoms with Crippen LogP contribution in [0.3, 0.4) is 0 Å². The van der Waals surface area contributed by atoms with Crippen molar-refractivity contribution in [2.24, 2.45) is 0 Å². The zero-order valence-electron chi connectivity index (χ0n) is 19.5. The van der Waals surface area contributed by atoms with Gasteiger partial charge in [0.25, 0.3) is 5.91 Å². The number of para-hydroxylation sites is 2. The Morgan fingerprint density at radius 3 is 2.56 bits per heavy atom. The fourth-order valence-corrected chi connectivity index (χ4v) is 4.99. The molecule has 1 aliphatic heterocycles. The van der Waals surface area contributed by atoms with Crippen LogP contribution < -0.4 is 14.5 Å². The second-order valence-corrected chi connectivity index (χ2v) is 9.76. The van der Waals surface area contributed by atoms with E-state index in [-0.39, 0.29) is 24.0 Å². The molecule has 0 unspecified atom stereocenters. The summed E-state index contributed by atoms with van der Waals surface area (Å²) in [5.41, 5.74) is 3.00. The van der Waals surface area contributed by atoms with Gasteiger partial charge in [-0.2, -0.15) is 0 Å². The van der Waals surface area contributed by atoms with Crippen LogP contribution in [-0.2, 0) is 11.2 Å². The third-order valence-electron chi connectivity index (χ3n) is 6.43. The van der Waals surface area contributed by atoms with Gasteiger partial charge < -0.3 is 19.6 Å². The van der Waals surface area contributed by atoms with Crippen LogP contribution in [0.15, 0.2) is 54.7 Å². The number of rotatable bonds is 8. The number of carbonyl (C=O) groups excluding carboxylic acids is 1. The number of aryl methyl sites for hydroxylation is 1. The molecule has 5 rings (SSSR count). The van der Waals surface area contributed by atoms with Gasteiger partial charge in [0, 0.05) is 42.8 Å². The first-order valence-electron chi connectivity index (χ1n) is 11.9. The molecule has 0 spiro atoms. The van der Waals surface area contributed by atoms with Gasteiger partial charge in [-0.3, -0.25) is 9.59 Å². The normalized spacial score (nSPS) is 14.9. The van der Waals surface area contributed by atoms with Gasteiger partial charge in [0.1, 0.15) is 11.3 Å². The minimum Gasteiger partial charge on any atom is -0.481 e. The SMILES string of the molecule is O=C(O)CCCc1cc(Cl)c(Oc2ncccc2C(=O)N2CCN(C3CC3)c3ccccc32)cc1Cl. The highest BCUT2D eigenvalue weighted by Gasteiger charge is 2.36. The van der Waals surface area contributed by atoms with E-state index in [0.717, 1.165) is 23.5 Å². The third kappa shape index (κ3) is 5.13. The molecule has 3 aromatic rings. The van der Waals surface area contributed by atoms with E-state index in [9.17, 15) is 9.59 Å². The second kappa shape index (κ2) is 10.4. The van der Waals surface area contributed by atoms with Gasteiger partial charge in [-0.05, 0) is 61.6 Å². The summed E-state index contributed by atoms with van der Waals surface area (Å²) in [6.07, 6.45) is 4.89. The molecule has 0 radical (unpaired) electrons. The number of nitrogens with zero attached hydrogens (tertiary/aromatic N) is 3. The molecule has 1 N–H and O–H groups in total. The maximum absolute atomic E-state index is 13.7. The van der Waals surface area contributed by atoms with Gasteiger partial charge in [-0.1, -0.05) is 35.3 Å². The van der Waals surface area contributed by atoms with Gasteiger partial charge in [0.15, 0.2) is 0 Å². The number of amides is 1. The van der Waals surface area contributed by atoms with Crippen LogP contribution in [0.1, 0.15) is 41.6 Å². The molecule has 1 aromatic heterocycles. The predicted octanol–water partition coefficient (Wildman–Crippen LogP) is 6.22. The lowest BCUT2D eigenvalue weighted by Gasteiger charge is -2.38. The van der Waals surface area contributed by atoms with E-state index in [1.54, 1.807) is 35.4 Å². The molecule has 1 fully saturated rings. The molecule has 186 valence electrons. The summed E-state index contributed by atoms with van der Waals surface area (Å²) in [7, 11) is 0. The molecule has 1 aliphatic carbocycles. The number of carboxylic acids is 1. The number of pyridine rings is 1. The molecule has 1 saturated carbocycles. The first-order chi connectivity index (χ1) is 17.4. The molecular weight excluding hydrogens is 501 g/mol. The van der Waals surface area contributed by atoms with E-state index in [1.165, 1.54) is 12.8 Å². The summed E-state index contributed by atoms with van der Waals surface area (Å²) in [5.74, 6) is -0.647. The van der Waals surface area contributed by atoms with Crippen molar-refractivity contribution >= 4 is 46.5 Å². The largest absolute Gasteiger partial charge is 0.481 e. The van der Waals surface area contributed by atoms with Crippen molar-refractivity contribution in [2.45, 2.75) is 38.1 Å². The minimum absolute atomic E-state index is 0.0453. The highest BCUT2D eigenvalue weighted by atomic mass is 35.5. The first-order valence-corrected chi connectivity index (χ1v) is 12.7. The van der Waals surface area contributed by atoms with Gasteiger partial charge >= 0.3 is 5.97 Å². The summed E-state index contributed by atoms with van der Waals surface area (Å²) in [6.45, 7) is 1.34. The summed E-state index contributed by atoms with van der Waals surface area (Å²) < 4.78 is 6.01. The predicted molar refractivity (Wildman–Crippen MR) is 140 cm³/mol. The van der Waals surface area contributed by atoms with Crippen molar-refractivity contribution in [1.29, 1.82) is 0 Å². The zero-order chi connectivity index (χ0) is 25.2. The maximum atomic E-state index is 13.7.